The zero-order valence-electron chi connectivity index (χ0n) is 10.7. The molecule has 2 aromatic rings. The smallest absolute Gasteiger partial charge is 0.201 e. The van der Waals surface area contributed by atoms with Gasteiger partial charge in [0.2, 0.25) is 5.95 Å². The summed E-state index contributed by atoms with van der Waals surface area (Å²) in [6.07, 6.45) is 1.07. The van der Waals surface area contributed by atoms with E-state index in [1.54, 1.807) is 0 Å². The molecule has 5 heteroatoms. The first-order valence-corrected chi connectivity index (χ1v) is 7.68. The number of fused-ring (bicyclic) bond motifs is 1. The van der Waals surface area contributed by atoms with E-state index in [2.05, 4.69) is 18.8 Å². The quantitative estimate of drug-likeness (QED) is 0.844. The highest BCUT2D eigenvalue weighted by Gasteiger charge is 2.15. The van der Waals surface area contributed by atoms with Crippen LogP contribution in [0.2, 0.25) is 5.02 Å². The maximum Gasteiger partial charge on any atom is 0.201 e. The number of hydrogen-bond donors (Lipinski definition) is 1. The van der Waals surface area contributed by atoms with Gasteiger partial charge in [-0.3, -0.25) is 0 Å². The van der Waals surface area contributed by atoms with Gasteiger partial charge in [0.05, 0.1) is 16.1 Å². The molecule has 0 aliphatic rings. The van der Waals surface area contributed by atoms with Crippen LogP contribution in [0.15, 0.2) is 18.2 Å². The predicted octanol–water partition coefficient (Wildman–Crippen LogP) is 3.98. The van der Waals surface area contributed by atoms with Gasteiger partial charge in [0.1, 0.15) is 0 Å². The molecule has 0 saturated carbocycles. The Morgan fingerprint density at radius 3 is 3.00 bits per heavy atom. The summed E-state index contributed by atoms with van der Waals surface area (Å²) in [5, 5.41) is 0.715. The number of halogens is 1. The third-order valence-corrected chi connectivity index (χ3v) is 4.25. The van der Waals surface area contributed by atoms with Gasteiger partial charge in [-0.2, -0.15) is 11.8 Å². The summed E-state index contributed by atoms with van der Waals surface area (Å²) in [6, 6.07) is 6.05. The van der Waals surface area contributed by atoms with Crippen LogP contribution in [0, 0.1) is 0 Å². The number of rotatable bonds is 5. The number of hydrogen-bond acceptors (Lipinski definition) is 3. The van der Waals surface area contributed by atoms with Gasteiger partial charge >= 0.3 is 0 Å². The van der Waals surface area contributed by atoms with Gasteiger partial charge in [-0.25, -0.2) is 4.98 Å². The van der Waals surface area contributed by atoms with Crippen LogP contribution in [-0.2, 0) is 0 Å². The molecule has 18 heavy (non-hydrogen) atoms. The molecule has 0 saturated heterocycles. The fourth-order valence-corrected chi connectivity index (χ4v) is 3.16. The lowest BCUT2D eigenvalue weighted by Gasteiger charge is -2.16. The van der Waals surface area contributed by atoms with Crippen molar-refractivity contribution >= 4 is 40.3 Å². The molecule has 98 valence electrons. The van der Waals surface area contributed by atoms with Crippen molar-refractivity contribution in [2.24, 2.45) is 0 Å². The van der Waals surface area contributed by atoms with E-state index in [1.807, 2.05) is 34.5 Å². The fourth-order valence-electron chi connectivity index (χ4n) is 2.10. The minimum absolute atomic E-state index is 0.314. The molecule has 3 nitrogen and oxygen atoms in total. The van der Waals surface area contributed by atoms with Crippen molar-refractivity contribution in [2.45, 2.75) is 26.3 Å². The van der Waals surface area contributed by atoms with E-state index in [4.69, 9.17) is 17.3 Å². The average molecular weight is 284 g/mol. The summed E-state index contributed by atoms with van der Waals surface area (Å²) >= 11 is 8.20. The zero-order valence-corrected chi connectivity index (χ0v) is 12.3. The van der Waals surface area contributed by atoms with Crippen LogP contribution in [0.5, 0.6) is 0 Å². The average Bonchev–Trinajstić information content (AvgIpc) is 2.67. The van der Waals surface area contributed by atoms with Gasteiger partial charge in [-0.05, 0) is 37.0 Å². The first-order valence-electron chi connectivity index (χ1n) is 6.14. The number of benzene rings is 1. The predicted molar refractivity (Wildman–Crippen MR) is 81.5 cm³/mol. The van der Waals surface area contributed by atoms with E-state index in [0.717, 1.165) is 29.0 Å². The maximum absolute atomic E-state index is 6.26. The first kappa shape index (κ1) is 13.6. The van der Waals surface area contributed by atoms with Gasteiger partial charge in [0.15, 0.2) is 0 Å². The lowest BCUT2D eigenvalue weighted by molar-refractivity contribution is 0.556. The third kappa shape index (κ3) is 2.59. The zero-order chi connectivity index (χ0) is 13.1. The Kier molecular flexibility index (Phi) is 4.40. The van der Waals surface area contributed by atoms with Crippen molar-refractivity contribution < 1.29 is 0 Å². The van der Waals surface area contributed by atoms with E-state index < -0.39 is 0 Å². The summed E-state index contributed by atoms with van der Waals surface area (Å²) in [7, 11) is 0. The molecule has 2 rings (SSSR count). The van der Waals surface area contributed by atoms with Crippen molar-refractivity contribution in [3.05, 3.63) is 23.2 Å². The second kappa shape index (κ2) is 5.85. The van der Waals surface area contributed by atoms with Crippen LogP contribution in [-0.4, -0.2) is 21.1 Å². The fraction of sp³-hybridized carbons (Fsp3) is 0.462. The molecule has 0 spiro atoms. The van der Waals surface area contributed by atoms with E-state index in [1.165, 1.54) is 0 Å². The highest BCUT2D eigenvalue weighted by atomic mass is 35.5. The molecule has 1 heterocycles. The minimum Gasteiger partial charge on any atom is -0.369 e. The summed E-state index contributed by atoms with van der Waals surface area (Å²) in [5.74, 6) is 2.82. The number of para-hydroxylation sites is 1. The highest BCUT2D eigenvalue weighted by Crippen LogP contribution is 2.30. The monoisotopic (exact) mass is 283 g/mol. The molecule has 0 bridgehead atoms. The lowest BCUT2D eigenvalue weighted by Crippen LogP contribution is -2.10. The number of imidazole rings is 1. The number of nitrogens with zero attached hydrogens (tertiary/aromatic N) is 2. The lowest BCUT2D eigenvalue weighted by atomic mass is 10.2. The molecule has 0 aliphatic carbocycles. The van der Waals surface area contributed by atoms with Crippen LogP contribution < -0.4 is 5.73 Å². The maximum atomic E-state index is 6.26. The van der Waals surface area contributed by atoms with Gasteiger partial charge in [-0.15, -0.1) is 0 Å². The molecule has 2 N–H and O–H groups in total. The first-order chi connectivity index (χ1) is 8.65. The summed E-state index contributed by atoms with van der Waals surface area (Å²) < 4.78 is 2.05. The van der Waals surface area contributed by atoms with Crippen LogP contribution in [0.4, 0.5) is 5.95 Å². The number of thioether (sulfide) groups is 1. The van der Waals surface area contributed by atoms with Crippen LogP contribution in [0.25, 0.3) is 11.0 Å². The van der Waals surface area contributed by atoms with Crippen molar-refractivity contribution in [3.8, 4) is 0 Å². The van der Waals surface area contributed by atoms with Crippen LogP contribution in [0.3, 0.4) is 0 Å². The molecule has 1 unspecified atom stereocenters. The second-order valence-corrected chi connectivity index (χ2v) is 6.08. The second-order valence-electron chi connectivity index (χ2n) is 4.28. The van der Waals surface area contributed by atoms with E-state index in [0.29, 0.717) is 17.0 Å². The highest BCUT2D eigenvalue weighted by molar-refractivity contribution is 7.99. The number of anilines is 1. The minimum atomic E-state index is 0.314. The molecule has 1 aromatic carbocycles. The standard InChI is InChI=1S/C13H18ClN3S/c1-3-18-8-7-9(2)17-12-10(14)5-4-6-11(12)16-13(17)15/h4-6,9H,3,7-8H2,1-2H3,(H2,15,16). The molecule has 0 aliphatic heterocycles. The van der Waals surface area contributed by atoms with Gasteiger partial charge in [-0.1, -0.05) is 24.6 Å². The Labute approximate surface area is 117 Å². The van der Waals surface area contributed by atoms with Gasteiger partial charge in [0, 0.05) is 6.04 Å². The van der Waals surface area contributed by atoms with Crippen molar-refractivity contribution in [1.29, 1.82) is 0 Å². The van der Waals surface area contributed by atoms with E-state index in [-0.39, 0.29) is 0 Å². The van der Waals surface area contributed by atoms with Crippen molar-refractivity contribution in [1.82, 2.24) is 9.55 Å². The summed E-state index contributed by atoms with van der Waals surface area (Å²) in [4.78, 5) is 4.37. The Morgan fingerprint density at radius 1 is 1.50 bits per heavy atom. The molecule has 0 fully saturated rings. The Bertz CT molecular complexity index is 538. The molecule has 0 radical (unpaired) electrons. The number of aromatic nitrogens is 2. The topological polar surface area (TPSA) is 43.8 Å². The summed E-state index contributed by atoms with van der Waals surface area (Å²) in [5.41, 5.74) is 7.83. The number of nitrogen functional groups attached to an aromatic ring is 1. The molecule has 0 amide bonds. The SMILES string of the molecule is CCSCCC(C)n1c(N)nc2cccc(Cl)c21. The largest absolute Gasteiger partial charge is 0.369 e. The van der Waals surface area contributed by atoms with E-state index in [9.17, 15) is 0 Å². The van der Waals surface area contributed by atoms with E-state index >= 15 is 0 Å². The normalized spacial score (nSPS) is 13.1. The Balaban J connectivity index is 2.34. The van der Waals surface area contributed by atoms with Gasteiger partial charge < -0.3 is 10.3 Å². The third-order valence-electron chi connectivity index (χ3n) is 3.01. The molecular weight excluding hydrogens is 266 g/mol. The molecule has 1 atom stereocenters. The Morgan fingerprint density at radius 2 is 2.28 bits per heavy atom. The van der Waals surface area contributed by atoms with Crippen LogP contribution >= 0.6 is 23.4 Å². The Hall–Kier alpha value is -0.870. The summed E-state index contributed by atoms with van der Waals surface area (Å²) in [6.45, 7) is 4.34. The molecule has 1 aromatic heterocycles. The van der Waals surface area contributed by atoms with Crippen molar-refractivity contribution in [3.63, 3.8) is 0 Å². The van der Waals surface area contributed by atoms with Crippen molar-refractivity contribution in [2.75, 3.05) is 17.2 Å². The molecular formula is C13H18ClN3S. The van der Waals surface area contributed by atoms with Crippen LogP contribution in [0.1, 0.15) is 26.3 Å². The number of nitrogens with two attached hydrogens (primary N) is 1. The van der Waals surface area contributed by atoms with Gasteiger partial charge in [0.25, 0.3) is 0 Å².